The van der Waals surface area contributed by atoms with Gasteiger partial charge in [-0.2, -0.15) is 0 Å². The maximum absolute atomic E-state index is 12.1. The molecule has 0 fully saturated rings. The maximum Gasteiger partial charge on any atom is 0.225 e. The van der Waals surface area contributed by atoms with Crippen molar-refractivity contribution in [3.63, 3.8) is 0 Å². The predicted molar refractivity (Wildman–Crippen MR) is 74.7 cm³/mol. The molecule has 2 heterocycles. The van der Waals surface area contributed by atoms with E-state index >= 15 is 0 Å². The molecule has 0 aliphatic carbocycles. The van der Waals surface area contributed by atoms with E-state index in [0.29, 0.717) is 25.3 Å². The summed E-state index contributed by atoms with van der Waals surface area (Å²) in [5.41, 5.74) is 1.12. The van der Waals surface area contributed by atoms with Gasteiger partial charge < -0.3 is 14.9 Å². The number of hydrogen-bond donors (Lipinski definition) is 1. The molecule has 1 aromatic rings. The largest absolute Gasteiger partial charge is 0.493 e. The summed E-state index contributed by atoms with van der Waals surface area (Å²) in [6, 6.07) is 7.92. The van der Waals surface area contributed by atoms with E-state index in [4.69, 9.17) is 9.57 Å². The van der Waals surface area contributed by atoms with Crippen LogP contribution in [0.4, 0.5) is 0 Å². The van der Waals surface area contributed by atoms with Gasteiger partial charge in [-0.1, -0.05) is 23.4 Å². The van der Waals surface area contributed by atoms with E-state index in [2.05, 4.69) is 10.5 Å². The number of oxime groups is 1. The number of hydrogen-bond acceptors (Lipinski definition) is 4. The Balaban J connectivity index is 1.62. The van der Waals surface area contributed by atoms with Crippen LogP contribution in [0.5, 0.6) is 5.75 Å². The average Bonchev–Trinajstić information content (AvgIpc) is 2.84. The molecule has 2 aliphatic heterocycles. The number of carbonyl (C=O) groups excluding carboxylic acids is 1. The SMILES string of the molecule is C[C@H]1CC(NC(=O)C[C@@H]2CCOc3ccccc32)=NO1. The van der Waals surface area contributed by atoms with E-state index in [-0.39, 0.29) is 17.9 Å². The Morgan fingerprint density at radius 1 is 1.45 bits per heavy atom. The van der Waals surface area contributed by atoms with E-state index < -0.39 is 0 Å². The van der Waals surface area contributed by atoms with Crippen LogP contribution in [0.25, 0.3) is 0 Å². The van der Waals surface area contributed by atoms with Crippen molar-refractivity contribution in [1.29, 1.82) is 0 Å². The van der Waals surface area contributed by atoms with Gasteiger partial charge in [-0.15, -0.1) is 0 Å². The van der Waals surface area contributed by atoms with Gasteiger partial charge in [0.15, 0.2) is 5.84 Å². The van der Waals surface area contributed by atoms with E-state index in [1.807, 2.05) is 31.2 Å². The Hall–Kier alpha value is -2.04. The zero-order valence-corrected chi connectivity index (χ0v) is 11.5. The fourth-order valence-electron chi connectivity index (χ4n) is 2.64. The summed E-state index contributed by atoms with van der Waals surface area (Å²) < 4.78 is 5.61. The normalized spacial score (nSPS) is 24.1. The van der Waals surface area contributed by atoms with Crippen molar-refractivity contribution in [2.45, 2.75) is 38.2 Å². The number of nitrogens with zero attached hydrogens (tertiary/aromatic N) is 1. The topological polar surface area (TPSA) is 59.9 Å². The fraction of sp³-hybridized carbons (Fsp3) is 0.467. The van der Waals surface area contributed by atoms with Crippen molar-refractivity contribution >= 4 is 11.7 Å². The van der Waals surface area contributed by atoms with Gasteiger partial charge in [-0.25, -0.2) is 0 Å². The first kappa shape index (κ1) is 13.0. The van der Waals surface area contributed by atoms with Crippen molar-refractivity contribution < 1.29 is 14.4 Å². The number of amides is 1. The van der Waals surface area contributed by atoms with Gasteiger partial charge in [0.2, 0.25) is 5.91 Å². The second kappa shape index (κ2) is 5.53. The molecule has 0 bridgehead atoms. The highest BCUT2D eigenvalue weighted by atomic mass is 16.6. The molecule has 0 aromatic heterocycles. The number of benzene rings is 1. The van der Waals surface area contributed by atoms with Crippen LogP contribution in [0.1, 0.15) is 37.7 Å². The molecule has 0 radical (unpaired) electrons. The van der Waals surface area contributed by atoms with Crippen molar-refractivity contribution in [3.05, 3.63) is 29.8 Å². The molecule has 3 rings (SSSR count). The van der Waals surface area contributed by atoms with Gasteiger partial charge >= 0.3 is 0 Å². The lowest BCUT2D eigenvalue weighted by atomic mass is 9.90. The molecule has 1 aromatic carbocycles. The fourth-order valence-corrected chi connectivity index (χ4v) is 2.64. The standard InChI is InChI=1S/C15H18N2O3/c1-10-8-14(17-20-10)16-15(18)9-11-6-7-19-13-5-3-2-4-12(11)13/h2-5,10-11H,6-9H2,1H3,(H,16,17,18)/t10-,11-/m0/s1. The van der Waals surface area contributed by atoms with Crippen molar-refractivity contribution in [1.82, 2.24) is 5.32 Å². The molecule has 0 unspecified atom stereocenters. The van der Waals surface area contributed by atoms with Crippen molar-refractivity contribution in [2.24, 2.45) is 5.16 Å². The lowest BCUT2D eigenvalue weighted by Crippen LogP contribution is -2.31. The lowest BCUT2D eigenvalue weighted by Gasteiger charge is -2.25. The molecule has 1 N–H and O–H groups in total. The maximum atomic E-state index is 12.1. The van der Waals surface area contributed by atoms with Crippen LogP contribution in [-0.2, 0) is 9.63 Å². The Bertz CT molecular complexity index is 542. The Labute approximate surface area is 117 Å². The summed E-state index contributed by atoms with van der Waals surface area (Å²) in [4.78, 5) is 17.2. The Morgan fingerprint density at radius 3 is 3.10 bits per heavy atom. The predicted octanol–water partition coefficient (Wildman–Crippen LogP) is 2.18. The minimum atomic E-state index is -0.0110. The number of fused-ring (bicyclic) bond motifs is 1. The van der Waals surface area contributed by atoms with Crippen molar-refractivity contribution in [3.8, 4) is 5.75 Å². The highest BCUT2D eigenvalue weighted by Gasteiger charge is 2.25. The van der Waals surface area contributed by atoms with E-state index in [1.165, 1.54) is 0 Å². The molecule has 5 heteroatoms. The van der Waals surface area contributed by atoms with E-state index in [9.17, 15) is 4.79 Å². The number of amidine groups is 1. The third-order valence-corrected chi connectivity index (χ3v) is 3.62. The van der Waals surface area contributed by atoms with Gasteiger partial charge in [0.1, 0.15) is 11.9 Å². The summed E-state index contributed by atoms with van der Waals surface area (Å²) >= 11 is 0. The molecule has 2 aliphatic rings. The third-order valence-electron chi connectivity index (χ3n) is 3.62. The zero-order chi connectivity index (χ0) is 13.9. The number of para-hydroxylation sites is 1. The number of rotatable bonds is 2. The molecule has 106 valence electrons. The highest BCUT2D eigenvalue weighted by Crippen LogP contribution is 2.35. The first-order valence-corrected chi connectivity index (χ1v) is 6.96. The van der Waals surface area contributed by atoms with E-state index in [1.54, 1.807) is 0 Å². The third kappa shape index (κ3) is 2.76. The van der Waals surface area contributed by atoms with Gasteiger partial charge in [-0.05, 0) is 30.9 Å². The second-order valence-corrected chi connectivity index (χ2v) is 5.28. The summed E-state index contributed by atoms with van der Waals surface area (Å²) in [5, 5.41) is 6.69. The smallest absolute Gasteiger partial charge is 0.225 e. The van der Waals surface area contributed by atoms with Crippen LogP contribution in [0.15, 0.2) is 29.4 Å². The number of nitrogens with one attached hydrogen (secondary N) is 1. The second-order valence-electron chi connectivity index (χ2n) is 5.28. The molecule has 0 saturated heterocycles. The lowest BCUT2D eigenvalue weighted by molar-refractivity contribution is -0.120. The zero-order valence-electron chi connectivity index (χ0n) is 11.5. The number of ether oxygens (including phenoxy) is 1. The molecule has 0 spiro atoms. The first-order chi connectivity index (χ1) is 9.72. The minimum absolute atomic E-state index is 0.0110. The molecular formula is C15H18N2O3. The Kier molecular flexibility index (Phi) is 3.58. The summed E-state index contributed by atoms with van der Waals surface area (Å²) in [6.07, 6.45) is 2.03. The quantitative estimate of drug-likeness (QED) is 0.899. The molecular weight excluding hydrogens is 256 g/mol. The first-order valence-electron chi connectivity index (χ1n) is 6.96. The van der Waals surface area contributed by atoms with Crippen LogP contribution in [0, 0.1) is 0 Å². The van der Waals surface area contributed by atoms with Crippen LogP contribution in [0.3, 0.4) is 0 Å². The Morgan fingerprint density at radius 2 is 2.30 bits per heavy atom. The molecule has 20 heavy (non-hydrogen) atoms. The average molecular weight is 274 g/mol. The monoisotopic (exact) mass is 274 g/mol. The van der Waals surface area contributed by atoms with Gasteiger partial charge in [-0.3, -0.25) is 4.79 Å². The minimum Gasteiger partial charge on any atom is -0.493 e. The van der Waals surface area contributed by atoms with Gasteiger partial charge in [0.05, 0.1) is 6.61 Å². The van der Waals surface area contributed by atoms with Gasteiger partial charge in [0, 0.05) is 12.8 Å². The molecule has 1 amide bonds. The highest BCUT2D eigenvalue weighted by molar-refractivity contribution is 5.98. The van der Waals surface area contributed by atoms with Crippen molar-refractivity contribution in [2.75, 3.05) is 6.61 Å². The van der Waals surface area contributed by atoms with E-state index in [0.717, 1.165) is 17.7 Å². The van der Waals surface area contributed by atoms with Crippen LogP contribution in [0.2, 0.25) is 0 Å². The summed E-state index contributed by atoms with van der Waals surface area (Å²) in [7, 11) is 0. The molecule has 0 saturated carbocycles. The molecule has 2 atom stereocenters. The summed E-state index contributed by atoms with van der Waals surface area (Å²) in [5.74, 6) is 1.72. The summed E-state index contributed by atoms with van der Waals surface area (Å²) in [6.45, 7) is 2.59. The van der Waals surface area contributed by atoms with Gasteiger partial charge in [0.25, 0.3) is 0 Å². The van der Waals surface area contributed by atoms with Crippen LogP contribution < -0.4 is 10.1 Å². The van der Waals surface area contributed by atoms with Crippen LogP contribution >= 0.6 is 0 Å². The molecule has 5 nitrogen and oxygen atoms in total. The number of carbonyl (C=O) groups is 1. The van der Waals surface area contributed by atoms with Crippen LogP contribution in [-0.4, -0.2) is 24.5 Å².